The Morgan fingerprint density at radius 1 is 1.50 bits per heavy atom. The summed E-state index contributed by atoms with van der Waals surface area (Å²) >= 11 is 0. The zero-order valence-electron chi connectivity index (χ0n) is 8.84. The molecule has 14 heavy (non-hydrogen) atoms. The van der Waals surface area contributed by atoms with Crippen LogP contribution in [0.4, 0.5) is 0 Å². The van der Waals surface area contributed by atoms with Crippen LogP contribution in [0.15, 0.2) is 12.2 Å². The quantitative estimate of drug-likeness (QED) is 0.413. The third-order valence-electron chi connectivity index (χ3n) is 2.47. The van der Waals surface area contributed by atoms with Crippen molar-refractivity contribution in [3.8, 4) is 0 Å². The molecule has 3 nitrogen and oxygen atoms in total. The van der Waals surface area contributed by atoms with E-state index in [1.165, 1.54) is 25.7 Å². The third kappa shape index (κ3) is 3.92. The number of hydrogen-bond acceptors (Lipinski definition) is 3. The largest absolute Gasteiger partial charge is 0.461 e. The molecule has 1 fully saturated rings. The molecule has 0 heterocycles. The summed E-state index contributed by atoms with van der Waals surface area (Å²) < 4.78 is 4.96. The number of ether oxygens (including phenoxy) is 1. The first-order valence-electron chi connectivity index (χ1n) is 5.26. The summed E-state index contributed by atoms with van der Waals surface area (Å²) in [5.74, 6) is -0.293. The second kappa shape index (κ2) is 5.81. The molecule has 0 saturated heterocycles. The minimum atomic E-state index is -0.293. The molecule has 0 atom stereocenters. The van der Waals surface area contributed by atoms with E-state index in [0.717, 1.165) is 6.54 Å². The van der Waals surface area contributed by atoms with Crippen LogP contribution in [0.2, 0.25) is 0 Å². The molecular weight excluding hydrogens is 178 g/mol. The predicted octanol–water partition coefficient (Wildman–Crippen LogP) is 1.64. The molecular formula is C11H19NO2. The van der Waals surface area contributed by atoms with Crippen LogP contribution in [-0.2, 0) is 9.53 Å². The van der Waals surface area contributed by atoms with Crippen LogP contribution in [0.25, 0.3) is 0 Å². The molecule has 0 aromatic heterocycles. The first-order valence-corrected chi connectivity index (χ1v) is 5.26. The third-order valence-corrected chi connectivity index (χ3v) is 2.47. The molecule has 1 saturated carbocycles. The molecule has 3 heteroatoms. The molecule has 0 radical (unpaired) electrons. The SMILES string of the molecule is C=C(C)C(=O)OCCNC1CCCC1. The van der Waals surface area contributed by atoms with Gasteiger partial charge >= 0.3 is 5.97 Å². The van der Waals surface area contributed by atoms with Crippen molar-refractivity contribution >= 4 is 5.97 Å². The molecule has 0 spiro atoms. The summed E-state index contributed by atoms with van der Waals surface area (Å²) in [6, 6.07) is 0.638. The van der Waals surface area contributed by atoms with Gasteiger partial charge < -0.3 is 10.1 Å². The Morgan fingerprint density at radius 2 is 2.14 bits per heavy atom. The van der Waals surface area contributed by atoms with Gasteiger partial charge in [-0.15, -0.1) is 0 Å². The van der Waals surface area contributed by atoms with Gasteiger partial charge in [0.2, 0.25) is 0 Å². The van der Waals surface area contributed by atoms with Crippen LogP contribution in [0.5, 0.6) is 0 Å². The van der Waals surface area contributed by atoms with Crippen molar-refractivity contribution < 1.29 is 9.53 Å². The first kappa shape index (κ1) is 11.2. The first-order chi connectivity index (χ1) is 6.70. The maximum atomic E-state index is 11.0. The van der Waals surface area contributed by atoms with E-state index in [2.05, 4.69) is 11.9 Å². The fourth-order valence-electron chi connectivity index (χ4n) is 1.66. The van der Waals surface area contributed by atoms with Crippen molar-refractivity contribution in [1.29, 1.82) is 0 Å². The van der Waals surface area contributed by atoms with Gasteiger partial charge in [-0.3, -0.25) is 0 Å². The fourth-order valence-corrected chi connectivity index (χ4v) is 1.66. The van der Waals surface area contributed by atoms with Crippen LogP contribution in [0, 0.1) is 0 Å². The molecule has 1 aliphatic rings. The summed E-state index contributed by atoms with van der Waals surface area (Å²) in [6.07, 6.45) is 5.16. The van der Waals surface area contributed by atoms with Crippen molar-refractivity contribution in [2.45, 2.75) is 38.6 Å². The van der Waals surface area contributed by atoms with Crippen LogP contribution in [0.3, 0.4) is 0 Å². The van der Waals surface area contributed by atoms with E-state index in [1.807, 2.05) is 0 Å². The number of carbonyl (C=O) groups is 1. The van der Waals surface area contributed by atoms with Crippen molar-refractivity contribution in [3.63, 3.8) is 0 Å². The zero-order chi connectivity index (χ0) is 10.4. The highest BCUT2D eigenvalue weighted by Crippen LogP contribution is 2.17. The minimum Gasteiger partial charge on any atom is -0.461 e. The van der Waals surface area contributed by atoms with E-state index in [0.29, 0.717) is 18.2 Å². The molecule has 1 N–H and O–H groups in total. The molecule has 0 amide bonds. The maximum Gasteiger partial charge on any atom is 0.333 e. The van der Waals surface area contributed by atoms with Gasteiger partial charge in [0, 0.05) is 18.2 Å². The number of nitrogens with one attached hydrogen (secondary N) is 1. The van der Waals surface area contributed by atoms with E-state index >= 15 is 0 Å². The zero-order valence-corrected chi connectivity index (χ0v) is 8.84. The Balaban J connectivity index is 1.98. The highest BCUT2D eigenvalue weighted by Gasteiger charge is 2.13. The van der Waals surface area contributed by atoms with Gasteiger partial charge in [0.15, 0.2) is 0 Å². The maximum absolute atomic E-state index is 11.0. The van der Waals surface area contributed by atoms with Gasteiger partial charge in [0.05, 0.1) is 0 Å². The molecule has 0 bridgehead atoms. The monoisotopic (exact) mass is 197 g/mol. The summed E-state index contributed by atoms with van der Waals surface area (Å²) in [5.41, 5.74) is 0.464. The van der Waals surface area contributed by atoms with Crippen LogP contribution >= 0.6 is 0 Å². The van der Waals surface area contributed by atoms with E-state index in [1.54, 1.807) is 6.92 Å². The van der Waals surface area contributed by atoms with E-state index in [4.69, 9.17) is 4.74 Å². The number of esters is 1. The van der Waals surface area contributed by atoms with Gasteiger partial charge in [0.25, 0.3) is 0 Å². The highest BCUT2D eigenvalue weighted by atomic mass is 16.5. The van der Waals surface area contributed by atoms with E-state index in [9.17, 15) is 4.79 Å². The lowest BCUT2D eigenvalue weighted by Crippen LogP contribution is -2.30. The molecule has 0 aromatic carbocycles. The Morgan fingerprint density at radius 3 is 2.71 bits per heavy atom. The van der Waals surface area contributed by atoms with Crippen LogP contribution < -0.4 is 5.32 Å². The molecule has 0 unspecified atom stereocenters. The summed E-state index contributed by atoms with van der Waals surface area (Å²) in [5, 5.41) is 3.37. The second-order valence-corrected chi connectivity index (χ2v) is 3.85. The molecule has 0 aliphatic heterocycles. The number of carbonyl (C=O) groups excluding carboxylic acids is 1. The minimum absolute atomic E-state index is 0.293. The van der Waals surface area contributed by atoms with Crippen LogP contribution in [0.1, 0.15) is 32.6 Å². The van der Waals surface area contributed by atoms with Crippen LogP contribution in [-0.4, -0.2) is 25.2 Å². The summed E-state index contributed by atoms with van der Waals surface area (Å²) in [7, 11) is 0. The average molecular weight is 197 g/mol. The van der Waals surface area contributed by atoms with Crippen molar-refractivity contribution in [2.24, 2.45) is 0 Å². The topological polar surface area (TPSA) is 38.3 Å². The van der Waals surface area contributed by atoms with Crippen molar-refractivity contribution in [3.05, 3.63) is 12.2 Å². The predicted molar refractivity (Wildman–Crippen MR) is 56.0 cm³/mol. The summed E-state index contributed by atoms with van der Waals surface area (Å²) in [6.45, 7) is 6.38. The number of hydrogen-bond donors (Lipinski definition) is 1. The van der Waals surface area contributed by atoms with Gasteiger partial charge in [-0.1, -0.05) is 19.4 Å². The fraction of sp³-hybridized carbons (Fsp3) is 0.727. The standard InChI is InChI=1S/C11H19NO2/c1-9(2)11(13)14-8-7-12-10-5-3-4-6-10/h10,12H,1,3-8H2,2H3. The summed E-state index contributed by atoms with van der Waals surface area (Å²) in [4.78, 5) is 11.0. The Bertz CT molecular complexity index is 207. The van der Waals surface area contributed by atoms with Gasteiger partial charge in [0.1, 0.15) is 6.61 Å². The molecule has 1 rings (SSSR count). The lowest BCUT2D eigenvalue weighted by Gasteiger charge is -2.11. The van der Waals surface area contributed by atoms with E-state index in [-0.39, 0.29) is 5.97 Å². The number of rotatable bonds is 5. The lowest BCUT2D eigenvalue weighted by atomic mass is 10.2. The highest BCUT2D eigenvalue weighted by molar-refractivity contribution is 5.86. The van der Waals surface area contributed by atoms with Gasteiger partial charge in [-0.25, -0.2) is 4.79 Å². The normalized spacial score (nSPS) is 16.9. The van der Waals surface area contributed by atoms with E-state index < -0.39 is 0 Å². The Hall–Kier alpha value is -0.830. The molecule has 80 valence electrons. The Kier molecular flexibility index (Phi) is 4.66. The van der Waals surface area contributed by atoms with Gasteiger partial charge in [-0.2, -0.15) is 0 Å². The van der Waals surface area contributed by atoms with Gasteiger partial charge in [-0.05, 0) is 19.8 Å². The smallest absolute Gasteiger partial charge is 0.333 e. The molecule has 0 aromatic rings. The lowest BCUT2D eigenvalue weighted by molar-refractivity contribution is -0.138. The average Bonchev–Trinajstić information content (AvgIpc) is 2.64. The second-order valence-electron chi connectivity index (χ2n) is 3.85. The Labute approximate surface area is 85.5 Å². The molecule has 1 aliphatic carbocycles. The van der Waals surface area contributed by atoms with Crippen molar-refractivity contribution in [2.75, 3.05) is 13.2 Å². The van der Waals surface area contributed by atoms with Crippen molar-refractivity contribution in [1.82, 2.24) is 5.32 Å².